The minimum Gasteiger partial charge on any atom is -1.00 e. The highest BCUT2D eigenvalue weighted by molar-refractivity contribution is 5.66. The minimum atomic E-state index is 0. The van der Waals surface area contributed by atoms with Crippen LogP contribution in [0.25, 0.3) is 16.9 Å². The molecule has 0 atom stereocenters. The van der Waals surface area contributed by atoms with E-state index in [0.29, 0.717) is 0 Å². The molecule has 2 aromatic heterocycles. The van der Waals surface area contributed by atoms with E-state index in [4.69, 9.17) is 4.98 Å². The molecule has 1 aromatic carbocycles. The lowest BCUT2D eigenvalue weighted by Crippen LogP contribution is -3.00. The second-order valence-corrected chi connectivity index (χ2v) is 4.91. The number of imidazole rings is 1. The van der Waals surface area contributed by atoms with Crippen molar-refractivity contribution in [2.24, 2.45) is 0 Å². The number of aryl methyl sites for hydroxylation is 3. The van der Waals surface area contributed by atoms with Crippen molar-refractivity contribution in [2.75, 3.05) is 0 Å². The van der Waals surface area contributed by atoms with Gasteiger partial charge in [-0.3, -0.25) is 0 Å². The van der Waals surface area contributed by atoms with Crippen LogP contribution in [0, 0.1) is 20.8 Å². The fraction of sp³-hybridized carbons (Fsp3) is 0.188. The molecule has 98 valence electrons. The second kappa shape index (κ2) is 5.33. The van der Waals surface area contributed by atoms with Gasteiger partial charge >= 0.3 is 0 Å². The van der Waals surface area contributed by atoms with E-state index >= 15 is 0 Å². The van der Waals surface area contributed by atoms with Gasteiger partial charge in [-0.25, -0.2) is 4.98 Å². The highest BCUT2D eigenvalue weighted by Gasteiger charge is 2.07. The maximum Gasteiger partial charge on any atom is 0.137 e. The third-order valence-corrected chi connectivity index (χ3v) is 3.27. The molecule has 19 heavy (non-hydrogen) atoms. The fourth-order valence-electron chi connectivity index (χ4n) is 2.31. The number of nitrogens with zero attached hydrogens (tertiary/aromatic N) is 2. The van der Waals surface area contributed by atoms with Gasteiger partial charge in [0, 0.05) is 18.0 Å². The summed E-state index contributed by atoms with van der Waals surface area (Å²) in [5.74, 6) is 0. The Labute approximate surface area is 130 Å². The first-order valence-electron chi connectivity index (χ1n) is 6.16. The second-order valence-electron chi connectivity index (χ2n) is 4.91. The van der Waals surface area contributed by atoms with Crippen LogP contribution >= 0.6 is 0 Å². The summed E-state index contributed by atoms with van der Waals surface area (Å²) in [4.78, 5) is 4.70. The Hall–Kier alpha value is -1.36. The quantitative estimate of drug-likeness (QED) is 0.588. The van der Waals surface area contributed by atoms with E-state index in [1.165, 1.54) is 22.3 Å². The standard InChI is InChI=1S/C16H16N2.HI/c1-11-4-5-14(13(3)8-11)15-10-18-7-6-12(2)9-16(18)17-15;/h4-10H,1-3H3;1H/p-1. The number of benzene rings is 1. The number of hydrogen-bond acceptors (Lipinski definition) is 1. The van der Waals surface area contributed by atoms with Crippen molar-refractivity contribution in [3.63, 3.8) is 0 Å². The van der Waals surface area contributed by atoms with E-state index in [-0.39, 0.29) is 24.0 Å². The van der Waals surface area contributed by atoms with Crippen LogP contribution in [0.1, 0.15) is 16.7 Å². The summed E-state index contributed by atoms with van der Waals surface area (Å²) in [5.41, 5.74) is 7.05. The lowest BCUT2D eigenvalue weighted by Gasteiger charge is -2.02. The molecule has 3 aromatic rings. The van der Waals surface area contributed by atoms with Crippen LogP contribution in [-0.2, 0) is 0 Å². The fourth-order valence-corrected chi connectivity index (χ4v) is 2.31. The maximum atomic E-state index is 4.70. The van der Waals surface area contributed by atoms with Gasteiger partial charge in [0.25, 0.3) is 0 Å². The van der Waals surface area contributed by atoms with E-state index in [1.54, 1.807) is 0 Å². The third kappa shape index (κ3) is 2.66. The molecule has 0 saturated heterocycles. The van der Waals surface area contributed by atoms with Crippen LogP contribution in [0.3, 0.4) is 0 Å². The maximum absolute atomic E-state index is 4.70. The van der Waals surface area contributed by atoms with Crippen molar-refractivity contribution in [2.45, 2.75) is 20.8 Å². The van der Waals surface area contributed by atoms with Crippen molar-refractivity contribution in [1.29, 1.82) is 0 Å². The third-order valence-electron chi connectivity index (χ3n) is 3.27. The van der Waals surface area contributed by atoms with Crippen molar-refractivity contribution >= 4 is 5.65 Å². The lowest BCUT2D eigenvalue weighted by molar-refractivity contribution is -0.00000392. The van der Waals surface area contributed by atoms with E-state index in [1.807, 2.05) is 0 Å². The molecule has 0 unspecified atom stereocenters. The average Bonchev–Trinajstić information content (AvgIpc) is 2.71. The predicted octanol–water partition coefficient (Wildman–Crippen LogP) is 0.931. The summed E-state index contributed by atoms with van der Waals surface area (Å²) in [7, 11) is 0. The van der Waals surface area contributed by atoms with Gasteiger partial charge in [0.2, 0.25) is 0 Å². The molecule has 0 saturated carbocycles. The molecule has 0 amide bonds. The van der Waals surface area contributed by atoms with Crippen molar-refractivity contribution < 1.29 is 24.0 Å². The summed E-state index contributed by atoms with van der Waals surface area (Å²) in [5, 5.41) is 0. The summed E-state index contributed by atoms with van der Waals surface area (Å²) in [6.07, 6.45) is 4.15. The smallest absolute Gasteiger partial charge is 0.137 e. The Balaban J connectivity index is 0.00000133. The number of rotatable bonds is 1. The van der Waals surface area contributed by atoms with E-state index in [2.05, 4.69) is 67.9 Å². The lowest BCUT2D eigenvalue weighted by atomic mass is 10.0. The van der Waals surface area contributed by atoms with E-state index in [0.717, 1.165) is 11.3 Å². The van der Waals surface area contributed by atoms with Gasteiger partial charge < -0.3 is 28.4 Å². The number of aromatic nitrogens is 2. The topological polar surface area (TPSA) is 17.3 Å². The van der Waals surface area contributed by atoms with Crippen molar-refractivity contribution in [3.05, 3.63) is 59.4 Å². The van der Waals surface area contributed by atoms with Gasteiger partial charge in [0.15, 0.2) is 0 Å². The normalized spacial score (nSPS) is 10.5. The van der Waals surface area contributed by atoms with E-state index < -0.39 is 0 Å². The number of halogens is 1. The summed E-state index contributed by atoms with van der Waals surface area (Å²) >= 11 is 0. The summed E-state index contributed by atoms with van der Waals surface area (Å²) in [6.45, 7) is 6.34. The Morgan fingerprint density at radius 2 is 1.68 bits per heavy atom. The molecule has 0 radical (unpaired) electrons. The zero-order valence-electron chi connectivity index (χ0n) is 11.3. The predicted molar refractivity (Wildman–Crippen MR) is 74.8 cm³/mol. The molecular formula is C16H16IN2-. The van der Waals surface area contributed by atoms with Crippen molar-refractivity contribution in [1.82, 2.24) is 9.38 Å². The Bertz CT molecular complexity index is 729. The Kier molecular flexibility index (Phi) is 3.94. The minimum absolute atomic E-state index is 0. The Morgan fingerprint density at radius 3 is 2.42 bits per heavy atom. The molecule has 0 aliphatic rings. The highest BCUT2D eigenvalue weighted by Crippen LogP contribution is 2.24. The molecule has 0 N–H and O–H groups in total. The first-order valence-corrected chi connectivity index (χ1v) is 6.16. The summed E-state index contributed by atoms with van der Waals surface area (Å²) < 4.78 is 2.07. The zero-order chi connectivity index (χ0) is 12.7. The SMILES string of the molecule is Cc1ccc(-c2cn3ccc(C)cc3n2)c(C)c1.[I-]. The van der Waals surface area contributed by atoms with E-state index in [9.17, 15) is 0 Å². The molecular weight excluding hydrogens is 347 g/mol. The van der Waals surface area contributed by atoms with Gasteiger partial charge in [-0.2, -0.15) is 0 Å². The highest BCUT2D eigenvalue weighted by atomic mass is 127. The van der Waals surface area contributed by atoms with Gasteiger partial charge in [-0.1, -0.05) is 23.8 Å². The van der Waals surface area contributed by atoms with Crippen LogP contribution in [0.2, 0.25) is 0 Å². The molecule has 0 spiro atoms. The number of pyridine rings is 1. The molecule has 0 fully saturated rings. The molecule has 2 nitrogen and oxygen atoms in total. The van der Waals surface area contributed by atoms with Crippen LogP contribution in [0.4, 0.5) is 0 Å². The first-order chi connectivity index (χ1) is 8.63. The molecule has 0 aliphatic heterocycles. The van der Waals surface area contributed by atoms with Crippen LogP contribution in [0.5, 0.6) is 0 Å². The zero-order valence-corrected chi connectivity index (χ0v) is 13.5. The molecule has 0 bridgehead atoms. The van der Waals surface area contributed by atoms with Crippen LogP contribution in [-0.4, -0.2) is 9.38 Å². The monoisotopic (exact) mass is 363 g/mol. The number of hydrogen-bond donors (Lipinski definition) is 0. The first kappa shape index (κ1) is 14.1. The average molecular weight is 363 g/mol. The van der Waals surface area contributed by atoms with Crippen LogP contribution in [0.15, 0.2) is 42.7 Å². The summed E-state index contributed by atoms with van der Waals surface area (Å²) in [6, 6.07) is 10.7. The van der Waals surface area contributed by atoms with Gasteiger partial charge in [0.1, 0.15) is 5.65 Å². The Morgan fingerprint density at radius 1 is 0.947 bits per heavy atom. The molecule has 0 aliphatic carbocycles. The van der Waals surface area contributed by atoms with Crippen molar-refractivity contribution in [3.8, 4) is 11.3 Å². The largest absolute Gasteiger partial charge is 1.00 e. The molecule has 3 rings (SSSR count). The van der Waals surface area contributed by atoms with Gasteiger partial charge in [-0.05, 0) is 44.0 Å². The van der Waals surface area contributed by atoms with Crippen LogP contribution < -0.4 is 24.0 Å². The molecule has 2 heterocycles. The van der Waals surface area contributed by atoms with Gasteiger partial charge in [0.05, 0.1) is 5.69 Å². The molecule has 3 heteroatoms. The number of fused-ring (bicyclic) bond motifs is 1. The van der Waals surface area contributed by atoms with Gasteiger partial charge in [-0.15, -0.1) is 0 Å².